The zero-order valence-electron chi connectivity index (χ0n) is 12.2. The summed E-state index contributed by atoms with van der Waals surface area (Å²) in [7, 11) is -3.52. The molecule has 1 heterocycles. The third-order valence-electron chi connectivity index (χ3n) is 3.40. The number of rotatable bonds is 4. The van der Waals surface area contributed by atoms with Crippen LogP contribution in [0.5, 0.6) is 0 Å². The highest BCUT2D eigenvalue weighted by atomic mass is 79.9. The smallest absolute Gasteiger partial charge is 0.186 e. The predicted molar refractivity (Wildman–Crippen MR) is 86.8 cm³/mol. The number of nitrogen functional groups attached to an aromatic ring is 1. The lowest BCUT2D eigenvalue weighted by Crippen LogP contribution is -2.13. The second kappa shape index (κ2) is 5.81. The van der Waals surface area contributed by atoms with Crippen molar-refractivity contribution >= 4 is 31.5 Å². The van der Waals surface area contributed by atoms with Gasteiger partial charge in [0.15, 0.2) is 9.84 Å². The van der Waals surface area contributed by atoms with Crippen LogP contribution in [0.3, 0.4) is 0 Å². The van der Waals surface area contributed by atoms with Crippen LogP contribution in [0.2, 0.25) is 0 Å². The molecule has 0 aliphatic heterocycles. The summed E-state index contributed by atoms with van der Waals surface area (Å²) >= 11 is 3.42. The Morgan fingerprint density at radius 1 is 1.33 bits per heavy atom. The highest BCUT2D eigenvalue weighted by Crippen LogP contribution is 2.29. The number of benzene rings is 1. The summed E-state index contributed by atoms with van der Waals surface area (Å²) in [4.78, 5) is 0.177. The fraction of sp³-hybridized carbons (Fsp3) is 0.357. The van der Waals surface area contributed by atoms with Gasteiger partial charge < -0.3 is 5.73 Å². The van der Waals surface area contributed by atoms with E-state index in [9.17, 15) is 8.42 Å². The van der Waals surface area contributed by atoms with Gasteiger partial charge in [-0.1, -0.05) is 12.1 Å². The third kappa shape index (κ3) is 2.98. The number of para-hydroxylation sites is 1. The van der Waals surface area contributed by atoms with Crippen molar-refractivity contribution in [2.45, 2.75) is 38.0 Å². The summed E-state index contributed by atoms with van der Waals surface area (Å²) in [6.45, 7) is 6.18. The third-order valence-corrected chi connectivity index (χ3v) is 6.11. The highest BCUT2D eigenvalue weighted by molar-refractivity contribution is 9.10. The molecule has 0 amide bonds. The molecule has 0 unspecified atom stereocenters. The van der Waals surface area contributed by atoms with E-state index in [1.165, 1.54) is 0 Å². The van der Waals surface area contributed by atoms with Gasteiger partial charge in [0.05, 0.1) is 32.2 Å². The van der Waals surface area contributed by atoms with E-state index in [2.05, 4.69) is 21.0 Å². The lowest BCUT2D eigenvalue weighted by atomic mass is 10.2. The van der Waals surface area contributed by atoms with Crippen LogP contribution in [-0.4, -0.2) is 18.2 Å². The maximum Gasteiger partial charge on any atom is 0.186 e. The Labute approximate surface area is 133 Å². The van der Waals surface area contributed by atoms with E-state index in [0.29, 0.717) is 17.9 Å². The van der Waals surface area contributed by atoms with Gasteiger partial charge in [0.25, 0.3) is 0 Å². The predicted octanol–water partition coefficient (Wildman–Crippen LogP) is 2.84. The lowest BCUT2D eigenvalue weighted by molar-refractivity contribution is 0.585. The molecule has 0 aliphatic rings. The maximum absolute atomic E-state index is 12.7. The van der Waals surface area contributed by atoms with Crippen LogP contribution in [0, 0.1) is 13.8 Å². The molecule has 2 aromatic rings. The van der Waals surface area contributed by atoms with Crippen molar-refractivity contribution < 1.29 is 8.42 Å². The molecular weight excluding hydrogens is 354 g/mol. The molecule has 0 radical (unpaired) electrons. The quantitative estimate of drug-likeness (QED) is 0.838. The van der Waals surface area contributed by atoms with Crippen molar-refractivity contribution in [1.29, 1.82) is 0 Å². The molecule has 1 aromatic heterocycles. The van der Waals surface area contributed by atoms with Gasteiger partial charge in [-0.15, -0.1) is 0 Å². The zero-order valence-corrected chi connectivity index (χ0v) is 14.6. The van der Waals surface area contributed by atoms with Crippen molar-refractivity contribution in [3.05, 3.63) is 39.6 Å². The van der Waals surface area contributed by atoms with E-state index in [4.69, 9.17) is 5.73 Å². The first-order valence-corrected chi connectivity index (χ1v) is 9.02. The first-order chi connectivity index (χ1) is 9.77. The standard InChI is InChI=1S/C14H18BrN3O2S/c1-4-18-11(13(15)10(3)17-18)8-21(19,20)12-7-5-6-9(2)14(12)16/h5-7H,4,8,16H2,1-3H3. The second-order valence-electron chi connectivity index (χ2n) is 4.91. The van der Waals surface area contributed by atoms with Gasteiger partial charge in [0.2, 0.25) is 0 Å². The summed E-state index contributed by atoms with van der Waals surface area (Å²) in [6, 6.07) is 5.05. The van der Waals surface area contributed by atoms with Crippen LogP contribution in [-0.2, 0) is 22.1 Å². The van der Waals surface area contributed by atoms with Gasteiger partial charge in [0, 0.05) is 6.54 Å². The normalized spacial score (nSPS) is 11.8. The van der Waals surface area contributed by atoms with Crippen molar-refractivity contribution in [3.8, 4) is 0 Å². The lowest BCUT2D eigenvalue weighted by Gasteiger charge is -2.11. The van der Waals surface area contributed by atoms with E-state index in [-0.39, 0.29) is 10.6 Å². The molecule has 0 saturated heterocycles. The summed E-state index contributed by atoms with van der Waals surface area (Å²) in [5, 5.41) is 4.32. The number of hydrogen-bond acceptors (Lipinski definition) is 4. The minimum absolute atomic E-state index is 0.129. The van der Waals surface area contributed by atoms with Gasteiger partial charge in [-0.05, 0) is 48.3 Å². The number of hydrogen-bond donors (Lipinski definition) is 1. The van der Waals surface area contributed by atoms with E-state index < -0.39 is 9.84 Å². The van der Waals surface area contributed by atoms with Crippen LogP contribution in [0.25, 0.3) is 0 Å². The van der Waals surface area contributed by atoms with Crippen molar-refractivity contribution in [3.63, 3.8) is 0 Å². The number of halogens is 1. The van der Waals surface area contributed by atoms with E-state index in [1.807, 2.05) is 13.8 Å². The molecule has 2 N–H and O–H groups in total. The zero-order chi connectivity index (χ0) is 15.8. The highest BCUT2D eigenvalue weighted by Gasteiger charge is 2.24. The number of aryl methyl sites for hydroxylation is 3. The molecule has 7 heteroatoms. The number of nitrogens with zero attached hydrogens (tertiary/aromatic N) is 2. The molecular formula is C14H18BrN3O2S. The number of sulfone groups is 1. The van der Waals surface area contributed by atoms with Gasteiger partial charge >= 0.3 is 0 Å². The molecule has 0 spiro atoms. The number of anilines is 1. The summed E-state index contributed by atoms with van der Waals surface area (Å²) < 4.78 is 27.8. The minimum atomic E-state index is -3.52. The summed E-state index contributed by atoms with van der Waals surface area (Å²) in [6.07, 6.45) is 0. The van der Waals surface area contributed by atoms with Crippen LogP contribution in [0.15, 0.2) is 27.6 Å². The molecule has 0 aliphatic carbocycles. The Morgan fingerprint density at radius 3 is 2.62 bits per heavy atom. The maximum atomic E-state index is 12.7. The first kappa shape index (κ1) is 16.0. The van der Waals surface area contributed by atoms with E-state index in [1.54, 1.807) is 29.8 Å². The van der Waals surface area contributed by atoms with Crippen molar-refractivity contribution in [2.75, 3.05) is 5.73 Å². The van der Waals surface area contributed by atoms with Crippen molar-refractivity contribution in [1.82, 2.24) is 9.78 Å². The summed E-state index contributed by atoms with van der Waals surface area (Å²) in [5.41, 5.74) is 8.42. The minimum Gasteiger partial charge on any atom is -0.397 e. The van der Waals surface area contributed by atoms with E-state index in [0.717, 1.165) is 15.7 Å². The summed E-state index contributed by atoms with van der Waals surface area (Å²) in [5.74, 6) is -0.129. The van der Waals surface area contributed by atoms with Gasteiger partial charge in [-0.2, -0.15) is 5.10 Å². The Bertz CT molecular complexity index is 782. The van der Waals surface area contributed by atoms with Crippen LogP contribution >= 0.6 is 15.9 Å². The molecule has 0 fully saturated rings. The van der Waals surface area contributed by atoms with Gasteiger partial charge in [-0.3, -0.25) is 4.68 Å². The Balaban J connectivity index is 2.50. The first-order valence-electron chi connectivity index (χ1n) is 6.57. The molecule has 114 valence electrons. The largest absolute Gasteiger partial charge is 0.397 e. The number of aromatic nitrogens is 2. The topological polar surface area (TPSA) is 78.0 Å². The average Bonchev–Trinajstić information content (AvgIpc) is 2.69. The van der Waals surface area contributed by atoms with E-state index >= 15 is 0 Å². The van der Waals surface area contributed by atoms with Crippen LogP contribution < -0.4 is 5.73 Å². The molecule has 0 saturated carbocycles. The molecule has 21 heavy (non-hydrogen) atoms. The van der Waals surface area contributed by atoms with Gasteiger partial charge in [0.1, 0.15) is 0 Å². The molecule has 1 aromatic carbocycles. The van der Waals surface area contributed by atoms with Crippen LogP contribution in [0.1, 0.15) is 23.9 Å². The SMILES string of the molecule is CCn1nc(C)c(Br)c1CS(=O)(=O)c1cccc(C)c1N. The molecule has 2 rings (SSSR count). The fourth-order valence-corrected chi connectivity index (χ4v) is 4.39. The molecule has 0 atom stereocenters. The Hall–Kier alpha value is -1.34. The fourth-order valence-electron chi connectivity index (χ4n) is 2.19. The molecule has 0 bridgehead atoms. The van der Waals surface area contributed by atoms with Crippen LogP contribution in [0.4, 0.5) is 5.69 Å². The van der Waals surface area contributed by atoms with Crippen molar-refractivity contribution in [2.24, 2.45) is 0 Å². The Kier molecular flexibility index (Phi) is 4.43. The number of nitrogens with two attached hydrogens (primary N) is 1. The average molecular weight is 372 g/mol. The Morgan fingerprint density at radius 2 is 2.00 bits per heavy atom. The molecule has 5 nitrogen and oxygen atoms in total. The van der Waals surface area contributed by atoms with Gasteiger partial charge in [-0.25, -0.2) is 8.42 Å². The monoisotopic (exact) mass is 371 g/mol. The second-order valence-corrected chi connectivity index (χ2v) is 7.66.